The number of hydrogen-bond donors (Lipinski definition) is 2. The number of para-hydroxylation sites is 1. The second-order valence-electron chi connectivity index (χ2n) is 7.86. The van der Waals surface area contributed by atoms with Crippen LogP contribution in [0.3, 0.4) is 0 Å². The second kappa shape index (κ2) is 12.4. The number of fused-ring (bicyclic) bond motifs is 1. The highest BCUT2D eigenvalue weighted by molar-refractivity contribution is 6.25. The van der Waals surface area contributed by atoms with Gasteiger partial charge < -0.3 is 25.3 Å². The van der Waals surface area contributed by atoms with Crippen LogP contribution < -0.4 is 5.32 Å². The lowest BCUT2D eigenvalue weighted by Crippen LogP contribution is -2.48. The number of nitrogens with one attached hydrogen (secondary N) is 2. The van der Waals surface area contributed by atoms with Gasteiger partial charge in [-0.25, -0.2) is 4.79 Å². The van der Waals surface area contributed by atoms with Crippen molar-refractivity contribution in [1.29, 1.82) is 0 Å². The van der Waals surface area contributed by atoms with Crippen LogP contribution in [0.2, 0.25) is 0 Å². The molecule has 33 heavy (non-hydrogen) atoms. The maximum absolute atomic E-state index is 13.1. The lowest BCUT2D eigenvalue weighted by molar-refractivity contribution is -0.153. The van der Waals surface area contributed by atoms with Crippen LogP contribution in [0.1, 0.15) is 39.2 Å². The first-order chi connectivity index (χ1) is 15.7. The zero-order valence-corrected chi connectivity index (χ0v) is 18.9. The van der Waals surface area contributed by atoms with E-state index in [1.165, 1.54) is 6.92 Å². The van der Waals surface area contributed by atoms with Crippen molar-refractivity contribution in [2.75, 3.05) is 6.61 Å². The summed E-state index contributed by atoms with van der Waals surface area (Å²) >= 11 is 0. The fraction of sp³-hybridized carbons (Fsp3) is 0.435. The number of ketones is 2. The normalized spacial score (nSPS) is 12.6. The average molecular weight is 456 g/mol. The Morgan fingerprint density at radius 3 is 2.61 bits per heavy atom. The Morgan fingerprint density at radius 2 is 1.94 bits per heavy atom. The van der Waals surface area contributed by atoms with Crippen molar-refractivity contribution in [3.8, 4) is 0 Å². The number of aromatic amines is 1. The largest absolute Gasteiger partial charge is 0.461 e. The van der Waals surface area contributed by atoms with Crippen LogP contribution in [0.25, 0.3) is 16.4 Å². The van der Waals surface area contributed by atoms with E-state index in [1.54, 1.807) is 20.0 Å². The van der Waals surface area contributed by atoms with E-state index < -0.39 is 35.9 Å². The van der Waals surface area contributed by atoms with Gasteiger partial charge in [0.05, 0.1) is 6.10 Å². The number of ether oxygens (including phenoxy) is 2. The maximum Gasteiger partial charge on any atom is 0.328 e. The van der Waals surface area contributed by atoms with Gasteiger partial charge in [0, 0.05) is 29.9 Å². The quantitative estimate of drug-likeness (QED) is 0.203. The topological polar surface area (TPSA) is 151 Å². The summed E-state index contributed by atoms with van der Waals surface area (Å²) in [7, 11) is 0. The van der Waals surface area contributed by atoms with Crippen molar-refractivity contribution in [3.05, 3.63) is 41.6 Å². The number of amides is 1. The molecule has 0 saturated carbocycles. The molecule has 1 heterocycles. The van der Waals surface area contributed by atoms with E-state index in [-0.39, 0.29) is 31.7 Å². The summed E-state index contributed by atoms with van der Waals surface area (Å²) in [5.41, 5.74) is 10.2. The molecule has 176 valence electrons. The summed E-state index contributed by atoms with van der Waals surface area (Å²) in [5, 5.41) is 3.49. The van der Waals surface area contributed by atoms with Crippen molar-refractivity contribution in [2.24, 2.45) is 0 Å². The lowest BCUT2D eigenvalue weighted by Gasteiger charge is -2.22. The number of rotatable bonds is 13. The molecule has 0 unspecified atom stereocenters. The first-order valence-corrected chi connectivity index (χ1v) is 10.6. The zero-order chi connectivity index (χ0) is 24.4. The molecule has 0 spiro atoms. The Balaban J connectivity index is 2.20. The van der Waals surface area contributed by atoms with Gasteiger partial charge in [0.1, 0.15) is 18.8 Å². The first-order valence-electron chi connectivity index (χ1n) is 10.6. The molecule has 0 bridgehead atoms. The third kappa shape index (κ3) is 8.10. The number of H-pyrrole nitrogens is 1. The van der Waals surface area contributed by atoms with Gasteiger partial charge in [0.25, 0.3) is 0 Å². The Labute approximate surface area is 191 Å². The van der Waals surface area contributed by atoms with Crippen LogP contribution in [-0.2, 0) is 35.1 Å². The summed E-state index contributed by atoms with van der Waals surface area (Å²) in [6, 6.07) is 6.43. The van der Waals surface area contributed by atoms with Crippen LogP contribution in [0.15, 0.2) is 30.5 Å². The van der Waals surface area contributed by atoms with E-state index in [4.69, 9.17) is 15.0 Å². The summed E-state index contributed by atoms with van der Waals surface area (Å²) in [4.78, 5) is 54.5. The summed E-state index contributed by atoms with van der Waals surface area (Å²) in [6.45, 7) is 4.40. The number of carbonyl (C=O) groups excluding carboxylic acids is 4. The second-order valence-corrected chi connectivity index (χ2v) is 7.86. The van der Waals surface area contributed by atoms with Crippen LogP contribution in [0.4, 0.5) is 0 Å². The van der Waals surface area contributed by atoms with Gasteiger partial charge in [-0.05, 0) is 38.8 Å². The number of hydrogen-bond acceptors (Lipinski definition) is 6. The standard InChI is InChI=1S/C23H28N4O6/c1-14(2)33-23(31)20(9-8-17(29)12-26-24)27-22(30)21(32-13-15(3)28)10-16-11-25-19-7-5-4-6-18(16)19/h4-7,11-12,14,20-21,25H,8-10,13H2,1-3H3,(H,27,30)/t20-,21-/m0/s1. The first kappa shape index (κ1) is 25.6. The minimum absolute atomic E-state index is 0.0609. The molecule has 2 aromatic rings. The third-order valence-corrected chi connectivity index (χ3v) is 4.69. The van der Waals surface area contributed by atoms with Crippen molar-refractivity contribution in [2.45, 2.75) is 58.3 Å². The Kier molecular flexibility index (Phi) is 9.65. The van der Waals surface area contributed by atoms with Gasteiger partial charge in [-0.3, -0.25) is 14.4 Å². The van der Waals surface area contributed by atoms with Crippen molar-refractivity contribution in [3.63, 3.8) is 0 Å². The fourth-order valence-electron chi connectivity index (χ4n) is 3.19. The molecule has 0 aliphatic heterocycles. The van der Waals surface area contributed by atoms with Gasteiger partial charge in [0.2, 0.25) is 11.7 Å². The Bertz CT molecular complexity index is 1050. The molecule has 0 aliphatic carbocycles. The molecular formula is C23H28N4O6. The van der Waals surface area contributed by atoms with E-state index in [1.807, 2.05) is 24.3 Å². The highest BCUT2D eigenvalue weighted by Crippen LogP contribution is 2.20. The van der Waals surface area contributed by atoms with Crippen LogP contribution in [0.5, 0.6) is 0 Å². The zero-order valence-electron chi connectivity index (χ0n) is 18.9. The lowest BCUT2D eigenvalue weighted by atomic mass is 10.0. The monoisotopic (exact) mass is 456 g/mol. The number of nitrogens with zero attached hydrogens (tertiary/aromatic N) is 2. The molecular weight excluding hydrogens is 428 g/mol. The Hall–Kier alpha value is -3.62. The average Bonchev–Trinajstić information content (AvgIpc) is 3.16. The molecule has 1 amide bonds. The fourth-order valence-corrected chi connectivity index (χ4v) is 3.19. The molecule has 0 radical (unpaired) electrons. The summed E-state index contributed by atoms with van der Waals surface area (Å²) in [6.07, 6.45) is 0.950. The molecule has 0 fully saturated rings. The smallest absolute Gasteiger partial charge is 0.328 e. The predicted molar refractivity (Wildman–Crippen MR) is 120 cm³/mol. The van der Waals surface area contributed by atoms with Crippen molar-refractivity contribution >= 4 is 40.6 Å². The van der Waals surface area contributed by atoms with Crippen molar-refractivity contribution in [1.82, 2.24) is 10.3 Å². The van der Waals surface area contributed by atoms with E-state index in [0.29, 0.717) is 0 Å². The molecule has 0 aliphatic rings. The molecule has 2 rings (SSSR count). The SMILES string of the molecule is CC(=O)CO[C@@H](Cc1c[nH]c2ccccc12)C(=O)N[C@@H](CCC(=O)C=[N+]=[N-])C(=O)OC(C)C. The van der Waals surface area contributed by atoms with E-state index in [0.717, 1.165) is 22.7 Å². The number of benzene rings is 1. The van der Waals surface area contributed by atoms with Gasteiger partial charge in [-0.15, -0.1) is 0 Å². The number of aromatic nitrogens is 1. The molecule has 10 nitrogen and oxygen atoms in total. The molecule has 2 atom stereocenters. The molecule has 1 aromatic carbocycles. The van der Waals surface area contributed by atoms with Crippen LogP contribution in [-0.4, -0.2) is 64.3 Å². The van der Waals surface area contributed by atoms with Crippen molar-refractivity contribution < 1.29 is 33.4 Å². The minimum atomic E-state index is -1.12. The summed E-state index contributed by atoms with van der Waals surface area (Å²) in [5.74, 6) is -2.09. The highest BCUT2D eigenvalue weighted by Gasteiger charge is 2.29. The van der Waals surface area contributed by atoms with E-state index >= 15 is 0 Å². The van der Waals surface area contributed by atoms with Crippen LogP contribution >= 0.6 is 0 Å². The van der Waals surface area contributed by atoms with Gasteiger partial charge in [-0.1, -0.05) is 18.2 Å². The number of esters is 1. The molecule has 2 N–H and O–H groups in total. The number of Topliss-reactive ketones (excluding diaryl/α,β-unsaturated/α-hetero) is 2. The third-order valence-electron chi connectivity index (χ3n) is 4.69. The van der Waals surface area contributed by atoms with Gasteiger partial charge in [-0.2, -0.15) is 4.79 Å². The van der Waals surface area contributed by atoms with E-state index in [2.05, 4.69) is 15.1 Å². The highest BCUT2D eigenvalue weighted by atomic mass is 16.5. The molecule has 1 aromatic heterocycles. The Morgan fingerprint density at radius 1 is 1.21 bits per heavy atom. The van der Waals surface area contributed by atoms with Gasteiger partial charge >= 0.3 is 12.2 Å². The van der Waals surface area contributed by atoms with Gasteiger partial charge in [0.15, 0.2) is 5.78 Å². The van der Waals surface area contributed by atoms with Crippen LogP contribution in [0, 0.1) is 0 Å². The summed E-state index contributed by atoms with van der Waals surface area (Å²) < 4.78 is 10.8. The maximum atomic E-state index is 13.1. The number of carbonyl (C=O) groups is 4. The predicted octanol–water partition coefficient (Wildman–Crippen LogP) is 1.77. The molecule has 0 saturated heterocycles. The molecule has 10 heteroatoms. The van der Waals surface area contributed by atoms with E-state index in [9.17, 15) is 19.2 Å². The minimum Gasteiger partial charge on any atom is -0.461 e.